The van der Waals surface area contributed by atoms with E-state index in [0.29, 0.717) is 21.7 Å². The first-order valence-electron chi connectivity index (χ1n) is 9.07. The zero-order chi connectivity index (χ0) is 20.5. The van der Waals surface area contributed by atoms with Crippen molar-refractivity contribution in [3.8, 4) is 5.69 Å². The molecule has 0 fully saturated rings. The highest BCUT2D eigenvalue weighted by Gasteiger charge is 2.20. The zero-order valence-electron chi connectivity index (χ0n) is 15.9. The van der Waals surface area contributed by atoms with E-state index >= 15 is 0 Å². The van der Waals surface area contributed by atoms with E-state index in [1.165, 1.54) is 18.3 Å². The van der Waals surface area contributed by atoms with Crippen molar-refractivity contribution in [1.29, 1.82) is 0 Å². The summed E-state index contributed by atoms with van der Waals surface area (Å²) in [4.78, 5) is 17.1. The highest BCUT2D eigenvalue weighted by Crippen LogP contribution is 2.30. The third-order valence-electron chi connectivity index (χ3n) is 4.70. The molecule has 1 N–H and O–H groups in total. The van der Waals surface area contributed by atoms with Crippen LogP contribution in [-0.4, -0.2) is 20.7 Å². The van der Waals surface area contributed by atoms with Crippen molar-refractivity contribution in [1.82, 2.24) is 20.1 Å². The summed E-state index contributed by atoms with van der Waals surface area (Å²) in [6.45, 7) is 4.11. The van der Waals surface area contributed by atoms with Gasteiger partial charge in [0.25, 0.3) is 5.91 Å². The van der Waals surface area contributed by atoms with Crippen molar-refractivity contribution in [2.24, 2.45) is 0 Å². The van der Waals surface area contributed by atoms with E-state index in [0.717, 1.165) is 16.8 Å². The Kier molecular flexibility index (Phi) is 5.03. The Bertz CT molecular complexity index is 1200. The van der Waals surface area contributed by atoms with Gasteiger partial charge in [0.2, 0.25) is 0 Å². The number of fused-ring (bicyclic) bond motifs is 1. The maximum absolute atomic E-state index is 13.0. The van der Waals surface area contributed by atoms with Gasteiger partial charge in [-0.15, -0.1) is 0 Å². The third-order valence-corrected chi connectivity index (χ3v) is 5.09. The Morgan fingerprint density at radius 2 is 1.79 bits per heavy atom. The van der Waals surface area contributed by atoms with Gasteiger partial charge in [-0.25, -0.2) is 14.1 Å². The minimum atomic E-state index is -0.351. The molecule has 0 unspecified atom stereocenters. The van der Waals surface area contributed by atoms with E-state index in [9.17, 15) is 9.18 Å². The number of carbonyl (C=O) groups is 1. The first-order chi connectivity index (χ1) is 13.9. The number of pyridine rings is 1. The second-order valence-electron chi connectivity index (χ2n) is 6.83. The molecular weight excluding hydrogens is 391 g/mol. The molecule has 0 saturated carbocycles. The van der Waals surface area contributed by atoms with Crippen LogP contribution in [0.4, 0.5) is 4.39 Å². The van der Waals surface area contributed by atoms with Crippen LogP contribution in [0.15, 0.2) is 54.7 Å². The van der Waals surface area contributed by atoms with Crippen LogP contribution in [0.5, 0.6) is 0 Å². The molecule has 0 spiro atoms. The van der Waals surface area contributed by atoms with Crippen molar-refractivity contribution in [2.45, 2.75) is 20.4 Å². The molecule has 0 aliphatic rings. The van der Waals surface area contributed by atoms with Gasteiger partial charge < -0.3 is 5.32 Å². The number of halogens is 2. The Hall–Kier alpha value is -3.25. The lowest BCUT2D eigenvalue weighted by atomic mass is 10.1. The zero-order valence-corrected chi connectivity index (χ0v) is 16.7. The smallest absolute Gasteiger partial charge is 0.254 e. The summed E-state index contributed by atoms with van der Waals surface area (Å²) < 4.78 is 14.7. The van der Waals surface area contributed by atoms with Gasteiger partial charge in [-0.3, -0.25) is 4.79 Å². The summed E-state index contributed by atoms with van der Waals surface area (Å²) in [7, 11) is 0. The summed E-state index contributed by atoms with van der Waals surface area (Å²) in [5.74, 6) is -0.671. The predicted octanol–water partition coefficient (Wildman–Crippen LogP) is 4.76. The van der Waals surface area contributed by atoms with Gasteiger partial charge in [-0.1, -0.05) is 41.4 Å². The van der Waals surface area contributed by atoms with Crippen LogP contribution < -0.4 is 5.32 Å². The topological polar surface area (TPSA) is 59.8 Å². The van der Waals surface area contributed by atoms with E-state index in [-0.39, 0.29) is 23.8 Å². The summed E-state index contributed by atoms with van der Waals surface area (Å²) in [6, 6.07) is 13.9. The van der Waals surface area contributed by atoms with Crippen LogP contribution in [-0.2, 0) is 6.54 Å². The van der Waals surface area contributed by atoms with Gasteiger partial charge >= 0.3 is 0 Å². The molecule has 0 saturated heterocycles. The van der Waals surface area contributed by atoms with Crippen LogP contribution in [0, 0.1) is 19.7 Å². The first-order valence-corrected chi connectivity index (χ1v) is 9.45. The number of aromatic nitrogens is 3. The monoisotopic (exact) mass is 408 g/mol. The average Bonchev–Trinajstić information content (AvgIpc) is 3.05. The minimum Gasteiger partial charge on any atom is -0.348 e. The van der Waals surface area contributed by atoms with Crippen molar-refractivity contribution >= 4 is 28.5 Å². The normalized spacial score (nSPS) is 11.0. The molecule has 0 bridgehead atoms. The molecule has 5 nitrogen and oxygen atoms in total. The first kappa shape index (κ1) is 19.1. The molecule has 0 radical (unpaired) electrons. The Balaban J connectivity index is 1.65. The predicted molar refractivity (Wildman–Crippen MR) is 111 cm³/mol. The quantitative estimate of drug-likeness (QED) is 0.529. The number of rotatable bonds is 4. The van der Waals surface area contributed by atoms with Crippen molar-refractivity contribution in [3.05, 3.63) is 88.0 Å². The fourth-order valence-corrected chi connectivity index (χ4v) is 3.47. The number of aryl methyl sites for hydroxylation is 2. The fraction of sp³-hybridized carbons (Fsp3) is 0.136. The molecule has 7 heteroatoms. The van der Waals surface area contributed by atoms with Crippen LogP contribution in [0.1, 0.15) is 27.2 Å². The van der Waals surface area contributed by atoms with Crippen LogP contribution in [0.25, 0.3) is 16.7 Å². The fourth-order valence-electron chi connectivity index (χ4n) is 3.11. The summed E-state index contributed by atoms with van der Waals surface area (Å²) in [5, 5.41) is 8.29. The molecule has 2 aromatic heterocycles. The number of nitrogens with zero attached hydrogens (tertiary/aromatic N) is 3. The summed E-state index contributed by atoms with van der Waals surface area (Å²) in [6.07, 6.45) is 1.45. The Labute approximate surface area is 172 Å². The van der Waals surface area contributed by atoms with Crippen molar-refractivity contribution in [2.75, 3.05) is 0 Å². The number of hydrogen-bond acceptors (Lipinski definition) is 3. The molecule has 2 aromatic carbocycles. The summed E-state index contributed by atoms with van der Waals surface area (Å²) >= 11 is 6.57. The Morgan fingerprint density at radius 3 is 2.48 bits per heavy atom. The lowest BCUT2D eigenvalue weighted by Crippen LogP contribution is -2.23. The standard InChI is InChI=1S/C22H18ClFN4O/c1-13-3-9-17(10-4-13)28-21-19(14(2)27-28)20(23)18(12-25-21)22(29)26-11-15-5-7-16(24)8-6-15/h3-10,12H,11H2,1-2H3,(H,26,29). The molecule has 4 rings (SSSR count). The highest BCUT2D eigenvalue weighted by molar-refractivity contribution is 6.38. The van der Waals surface area contributed by atoms with Crippen LogP contribution in [0.3, 0.4) is 0 Å². The number of amides is 1. The molecule has 2 heterocycles. The van der Waals surface area contributed by atoms with Gasteiger partial charge in [-0.05, 0) is 43.7 Å². The largest absolute Gasteiger partial charge is 0.348 e. The maximum atomic E-state index is 13.0. The molecule has 0 aliphatic carbocycles. The average molecular weight is 409 g/mol. The van der Waals surface area contributed by atoms with E-state index in [1.54, 1.807) is 16.8 Å². The van der Waals surface area contributed by atoms with Gasteiger partial charge in [0.1, 0.15) is 5.82 Å². The minimum absolute atomic E-state index is 0.259. The number of carbonyl (C=O) groups excluding carboxylic acids is 1. The maximum Gasteiger partial charge on any atom is 0.254 e. The molecular formula is C22H18ClFN4O. The third kappa shape index (κ3) is 3.71. The molecule has 146 valence electrons. The van der Waals surface area contributed by atoms with Crippen molar-refractivity contribution < 1.29 is 9.18 Å². The van der Waals surface area contributed by atoms with Crippen LogP contribution in [0.2, 0.25) is 5.02 Å². The lowest BCUT2D eigenvalue weighted by molar-refractivity contribution is 0.0951. The molecule has 1 amide bonds. The molecule has 29 heavy (non-hydrogen) atoms. The molecule has 0 aliphatic heterocycles. The second-order valence-corrected chi connectivity index (χ2v) is 7.20. The second kappa shape index (κ2) is 7.64. The lowest BCUT2D eigenvalue weighted by Gasteiger charge is -2.08. The molecule has 0 atom stereocenters. The van der Waals surface area contributed by atoms with E-state index in [1.807, 2.05) is 38.1 Å². The van der Waals surface area contributed by atoms with Gasteiger partial charge in [0, 0.05) is 12.7 Å². The van der Waals surface area contributed by atoms with E-state index in [2.05, 4.69) is 15.4 Å². The van der Waals surface area contributed by atoms with Gasteiger partial charge in [-0.2, -0.15) is 5.10 Å². The van der Waals surface area contributed by atoms with Gasteiger partial charge in [0.15, 0.2) is 5.65 Å². The SMILES string of the molecule is Cc1ccc(-n2nc(C)c3c(Cl)c(C(=O)NCc4ccc(F)cc4)cnc32)cc1. The van der Waals surface area contributed by atoms with E-state index in [4.69, 9.17) is 11.6 Å². The number of nitrogens with one attached hydrogen (secondary N) is 1. The van der Waals surface area contributed by atoms with Gasteiger partial charge in [0.05, 0.1) is 27.4 Å². The Morgan fingerprint density at radius 1 is 1.10 bits per heavy atom. The number of hydrogen-bond donors (Lipinski definition) is 1. The number of benzene rings is 2. The van der Waals surface area contributed by atoms with Crippen LogP contribution >= 0.6 is 11.6 Å². The molecule has 4 aromatic rings. The summed E-state index contributed by atoms with van der Waals surface area (Å²) in [5.41, 5.74) is 4.35. The van der Waals surface area contributed by atoms with Crippen molar-refractivity contribution in [3.63, 3.8) is 0 Å². The van der Waals surface area contributed by atoms with E-state index < -0.39 is 0 Å². The highest BCUT2D eigenvalue weighted by atomic mass is 35.5.